The van der Waals surface area contributed by atoms with E-state index in [0.29, 0.717) is 11.6 Å². The highest BCUT2D eigenvalue weighted by Gasteiger charge is 2.36. The molecule has 0 bridgehead atoms. The largest absolute Gasteiger partial charge is 0.481 e. The summed E-state index contributed by atoms with van der Waals surface area (Å²) in [4.78, 5) is 41.1. The number of carbonyl (C=O) groups excluding carboxylic acids is 1. The minimum absolute atomic E-state index is 0.0000976. The Morgan fingerprint density at radius 3 is 2.28 bits per heavy atom. The van der Waals surface area contributed by atoms with Gasteiger partial charge in [0.25, 0.3) is 5.56 Å². The highest BCUT2D eigenvalue weighted by molar-refractivity contribution is 5.82. The van der Waals surface area contributed by atoms with E-state index in [1.807, 2.05) is 39.8 Å². The maximum Gasteiger partial charge on any atom is 0.416 e. The summed E-state index contributed by atoms with van der Waals surface area (Å²) in [6.07, 6.45) is -1.50. The van der Waals surface area contributed by atoms with Crippen LogP contribution in [0.15, 0.2) is 41.3 Å². The lowest BCUT2D eigenvalue weighted by atomic mass is 9.87. The van der Waals surface area contributed by atoms with Crippen LogP contribution < -0.4 is 10.9 Å². The number of halogens is 4. The number of aliphatic carboxylic acids is 1. The van der Waals surface area contributed by atoms with Gasteiger partial charge in [0.05, 0.1) is 18.0 Å². The van der Waals surface area contributed by atoms with Gasteiger partial charge >= 0.3 is 12.1 Å². The van der Waals surface area contributed by atoms with E-state index >= 15 is 0 Å². The molecule has 254 valence electrons. The number of nitrogens with zero attached hydrogens (tertiary/aromatic N) is 2. The number of carboxylic acids is 1. The third-order valence-electron chi connectivity index (χ3n) is 8.73. The second kappa shape index (κ2) is 14.4. The summed E-state index contributed by atoms with van der Waals surface area (Å²) in [5, 5.41) is 12.7. The van der Waals surface area contributed by atoms with Crippen LogP contribution in [0, 0.1) is 25.6 Å². The molecule has 0 aliphatic heterocycles. The number of aromatic nitrogens is 1. The molecule has 47 heavy (non-hydrogen) atoms. The first-order valence-electron chi connectivity index (χ1n) is 15.9. The topological polar surface area (TPSA) is 91.6 Å². The van der Waals surface area contributed by atoms with Gasteiger partial charge in [-0.05, 0) is 129 Å². The number of carboxylic acid groups (broad SMARTS) is 1. The van der Waals surface area contributed by atoms with Crippen molar-refractivity contribution in [1.82, 2.24) is 14.8 Å². The predicted molar refractivity (Wildman–Crippen MR) is 173 cm³/mol. The van der Waals surface area contributed by atoms with Crippen LogP contribution in [-0.2, 0) is 35.0 Å². The third kappa shape index (κ3) is 8.49. The molecule has 7 nitrogen and oxygen atoms in total. The second-order valence-corrected chi connectivity index (χ2v) is 13.3. The standard InChI is InChI=1S/C36H43F4N3O4/c1-20(2)12-31(43-19-24(10-11-42(5)6)29(17-32(43)44)36(38,39)40)35(47)41-30(18-33(45)46)25-15-23-8-7-9-27(23)28(16-25)34-21(3)13-26(37)14-22(34)4/h13-17,19-20,30-31H,7-12,18H2,1-6H3,(H,41,47)(H,45,46). The molecule has 0 fully saturated rings. The molecule has 11 heteroatoms. The Morgan fingerprint density at radius 2 is 1.70 bits per heavy atom. The van der Waals surface area contributed by atoms with Crippen molar-refractivity contribution in [3.05, 3.63) is 91.6 Å². The zero-order valence-corrected chi connectivity index (χ0v) is 27.7. The second-order valence-electron chi connectivity index (χ2n) is 13.3. The smallest absolute Gasteiger partial charge is 0.416 e. The monoisotopic (exact) mass is 657 g/mol. The van der Waals surface area contributed by atoms with E-state index in [-0.39, 0.29) is 36.7 Å². The summed E-state index contributed by atoms with van der Waals surface area (Å²) in [5.41, 5.74) is 3.74. The molecule has 4 rings (SSSR count). The van der Waals surface area contributed by atoms with Crippen LogP contribution in [0.25, 0.3) is 11.1 Å². The Kier molecular flexibility index (Phi) is 11.0. The number of nitrogens with one attached hydrogen (secondary N) is 1. The minimum atomic E-state index is -4.76. The zero-order valence-electron chi connectivity index (χ0n) is 27.7. The Labute approximate surface area is 272 Å². The number of hydrogen-bond donors (Lipinski definition) is 2. The van der Waals surface area contributed by atoms with Gasteiger partial charge in [-0.2, -0.15) is 13.2 Å². The molecule has 1 amide bonds. The van der Waals surface area contributed by atoms with Crippen molar-refractivity contribution >= 4 is 11.9 Å². The molecule has 0 saturated carbocycles. The van der Waals surface area contributed by atoms with Crippen LogP contribution in [-0.4, -0.2) is 47.1 Å². The number of fused-ring (bicyclic) bond motifs is 1. The number of pyridine rings is 1. The first-order chi connectivity index (χ1) is 22.0. The maximum absolute atomic E-state index is 14.2. The van der Waals surface area contributed by atoms with Crippen LogP contribution in [0.4, 0.5) is 17.6 Å². The molecule has 0 spiro atoms. The van der Waals surface area contributed by atoms with E-state index in [9.17, 15) is 37.1 Å². The first kappa shape index (κ1) is 35.9. The zero-order chi connectivity index (χ0) is 34.8. The van der Waals surface area contributed by atoms with E-state index in [2.05, 4.69) is 5.32 Å². The fraction of sp³-hybridized carbons (Fsp3) is 0.472. The highest BCUT2D eigenvalue weighted by Crippen LogP contribution is 2.39. The van der Waals surface area contributed by atoms with Gasteiger partial charge in [0.2, 0.25) is 5.91 Å². The van der Waals surface area contributed by atoms with Crippen molar-refractivity contribution in [1.29, 1.82) is 0 Å². The molecule has 2 aromatic carbocycles. The summed E-state index contributed by atoms with van der Waals surface area (Å²) >= 11 is 0. The van der Waals surface area contributed by atoms with Crippen molar-refractivity contribution < 1.29 is 32.3 Å². The van der Waals surface area contributed by atoms with Gasteiger partial charge in [-0.25, -0.2) is 4.39 Å². The van der Waals surface area contributed by atoms with E-state index in [0.717, 1.165) is 63.4 Å². The molecule has 1 aliphatic carbocycles. The Hall–Kier alpha value is -3.99. The van der Waals surface area contributed by atoms with Gasteiger partial charge in [0.15, 0.2) is 0 Å². The molecule has 0 saturated heterocycles. The van der Waals surface area contributed by atoms with Crippen LogP contribution in [0.2, 0.25) is 0 Å². The molecule has 2 N–H and O–H groups in total. The number of amides is 1. The molecule has 1 aliphatic rings. The van der Waals surface area contributed by atoms with Gasteiger partial charge in [0.1, 0.15) is 11.9 Å². The lowest BCUT2D eigenvalue weighted by Crippen LogP contribution is -2.40. The molecule has 3 aromatic rings. The Morgan fingerprint density at radius 1 is 1.04 bits per heavy atom. The number of alkyl halides is 3. The fourth-order valence-corrected chi connectivity index (χ4v) is 6.62. The van der Waals surface area contributed by atoms with E-state index < -0.39 is 47.7 Å². The Bertz CT molecular complexity index is 1690. The quantitative estimate of drug-likeness (QED) is 0.209. The third-order valence-corrected chi connectivity index (χ3v) is 8.73. The number of benzene rings is 2. The van der Waals surface area contributed by atoms with Gasteiger partial charge in [-0.15, -0.1) is 0 Å². The average molecular weight is 658 g/mol. The fourth-order valence-electron chi connectivity index (χ4n) is 6.62. The molecule has 2 atom stereocenters. The normalized spacial score (nSPS) is 14.4. The van der Waals surface area contributed by atoms with Crippen LogP contribution in [0.5, 0.6) is 0 Å². The van der Waals surface area contributed by atoms with Crippen LogP contribution >= 0.6 is 0 Å². The lowest BCUT2D eigenvalue weighted by Gasteiger charge is -2.27. The summed E-state index contributed by atoms with van der Waals surface area (Å²) in [5.74, 6) is -2.31. The van der Waals surface area contributed by atoms with Gasteiger partial charge in [0, 0.05) is 18.8 Å². The van der Waals surface area contributed by atoms with Crippen molar-refractivity contribution in [2.75, 3.05) is 20.6 Å². The van der Waals surface area contributed by atoms with Gasteiger partial charge < -0.3 is 19.9 Å². The number of carbonyl (C=O) groups is 2. The number of likely N-dealkylation sites (N-methyl/N-ethyl adjacent to an activating group) is 1. The molecular formula is C36H43F4N3O4. The SMILES string of the molecule is Cc1cc(F)cc(C)c1-c1cc(C(CC(=O)O)NC(=O)C(CC(C)C)n2cc(CCN(C)C)c(C(F)(F)F)cc2=O)cc2c1CCC2. The average Bonchev–Trinajstić information content (AvgIpc) is 3.42. The minimum Gasteiger partial charge on any atom is -0.481 e. The molecule has 0 radical (unpaired) electrons. The number of rotatable bonds is 12. The summed E-state index contributed by atoms with van der Waals surface area (Å²) < 4.78 is 57.1. The Balaban J connectivity index is 1.80. The van der Waals surface area contributed by atoms with E-state index in [1.165, 1.54) is 12.1 Å². The van der Waals surface area contributed by atoms with Gasteiger partial charge in [-0.1, -0.05) is 19.9 Å². The molecule has 1 aromatic heterocycles. The van der Waals surface area contributed by atoms with E-state index in [1.54, 1.807) is 19.0 Å². The molecule has 1 heterocycles. The summed E-state index contributed by atoms with van der Waals surface area (Å²) in [7, 11) is 3.45. The number of hydrogen-bond acceptors (Lipinski definition) is 4. The first-order valence-corrected chi connectivity index (χ1v) is 15.9. The summed E-state index contributed by atoms with van der Waals surface area (Å²) in [6, 6.07) is 5.02. The van der Waals surface area contributed by atoms with Crippen molar-refractivity contribution in [3.63, 3.8) is 0 Å². The maximum atomic E-state index is 14.2. The van der Waals surface area contributed by atoms with Crippen LogP contribution in [0.3, 0.4) is 0 Å². The van der Waals surface area contributed by atoms with E-state index in [4.69, 9.17) is 0 Å². The van der Waals surface area contributed by atoms with Crippen molar-refractivity contribution in [2.45, 2.75) is 84.5 Å². The van der Waals surface area contributed by atoms with Crippen molar-refractivity contribution in [2.24, 2.45) is 5.92 Å². The molecule has 2 unspecified atom stereocenters. The summed E-state index contributed by atoms with van der Waals surface area (Å²) in [6.45, 7) is 7.59. The van der Waals surface area contributed by atoms with Gasteiger partial charge in [-0.3, -0.25) is 14.4 Å². The lowest BCUT2D eigenvalue weighted by molar-refractivity contribution is -0.139. The van der Waals surface area contributed by atoms with Crippen LogP contribution in [0.1, 0.15) is 84.1 Å². The highest BCUT2D eigenvalue weighted by atomic mass is 19.4. The predicted octanol–water partition coefficient (Wildman–Crippen LogP) is 6.80. The number of aryl methyl sites for hydroxylation is 3. The van der Waals surface area contributed by atoms with Crippen molar-refractivity contribution in [3.8, 4) is 11.1 Å². The molecular weight excluding hydrogens is 614 g/mol.